The molecule has 1 aromatic carbocycles. The number of hydrogen-bond donors (Lipinski definition) is 2. The Hall–Kier alpha value is -3.55. The summed E-state index contributed by atoms with van der Waals surface area (Å²) in [6.07, 6.45) is 9.06. The largest absolute Gasteiger partial charge is 0.361 e. The van der Waals surface area contributed by atoms with E-state index in [2.05, 4.69) is 38.6 Å². The third-order valence-electron chi connectivity index (χ3n) is 7.41. The summed E-state index contributed by atoms with van der Waals surface area (Å²) in [5.74, 6) is 0.449. The van der Waals surface area contributed by atoms with Gasteiger partial charge in [0.15, 0.2) is 5.82 Å². The maximum atomic E-state index is 12.5. The molecule has 0 bridgehead atoms. The molecule has 6 rings (SSSR count). The maximum Gasteiger partial charge on any atom is 0.315 e. The Bertz CT molecular complexity index is 1260. The van der Waals surface area contributed by atoms with Gasteiger partial charge in [0.05, 0.1) is 0 Å². The number of carbonyl (C=O) groups excluding carboxylic acids is 2. The number of rotatable bonds is 5. The van der Waals surface area contributed by atoms with Gasteiger partial charge in [-0.25, -0.2) is 4.98 Å². The Morgan fingerprint density at radius 1 is 1.12 bits per heavy atom. The van der Waals surface area contributed by atoms with E-state index in [0.717, 1.165) is 48.8 Å². The van der Waals surface area contributed by atoms with Crippen molar-refractivity contribution in [2.24, 2.45) is 17.1 Å². The second-order valence-electron chi connectivity index (χ2n) is 9.57. The number of hydrogen-bond acceptors (Lipinski definition) is 6. The van der Waals surface area contributed by atoms with E-state index in [1.54, 1.807) is 6.20 Å². The number of nitrogens with one attached hydrogen (secondary N) is 1. The minimum absolute atomic E-state index is 0.0334. The van der Waals surface area contributed by atoms with E-state index in [1.165, 1.54) is 18.4 Å². The van der Waals surface area contributed by atoms with Crippen LogP contribution in [0.15, 0.2) is 41.1 Å². The topological polar surface area (TPSA) is 124 Å². The lowest BCUT2D eigenvalue weighted by atomic mass is 9.90. The lowest BCUT2D eigenvalue weighted by molar-refractivity contribution is -0.117. The van der Waals surface area contributed by atoms with Crippen LogP contribution in [0.4, 0.5) is 5.82 Å². The number of primary amides is 1. The van der Waals surface area contributed by atoms with Gasteiger partial charge in [-0.15, -0.1) is 0 Å². The van der Waals surface area contributed by atoms with Gasteiger partial charge in [-0.1, -0.05) is 29.8 Å². The van der Waals surface area contributed by atoms with Crippen molar-refractivity contribution >= 4 is 17.6 Å². The third-order valence-corrected chi connectivity index (χ3v) is 7.41. The molecule has 3 aromatic rings. The third kappa shape index (κ3) is 3.69. The molecule has 0 saturated heterocycles. The molecule has 0 aliphatic heterocycles. The van der Waals surface area contributed by atoms with Gasteiger partial charge in [0.1, 0.15) is 5.82 Å². The van der Waals surface area contributed by atoms with Gasteiger partial charge in [-0.3, -0.25) is 9.59 Å². The fraction of sp³-hybridized carbons (Fsp3) is 0.400. The molecule has 168 valence electrons. The first-order valence-corrected chi connectivity index (χ1v) is 11.6. The van der Waals surface area contributed by atoms with Crippen LogP contribution >= 0.6 is 0 Å². The Labute approximate surface area is 191 Å². The zero-order valence-corrected chi connectivity index (χ0v) is 18.2. The summed E-state index contributed by atoms with van der Waals surface area (Å²) < 4.78 is 5.03. The molecule has 2 aromatic heterocycles. The molecule has 0 unspecified atom stereocenters. The van der Waals surface area contributed by atoms with Gasteiger partial charge in [0.25, 0.3) is 0 Å². The van der Waals surface area contributed by atoms with Crippen LogP contribution in [-0.4, -0.2) is 26.9 Å². The lowest BCUT2D eigenvalue weighted by Gasteiger charge is -2.15. The summed E-state index contributed by atoms with van der Waals surface area (Å²) in [7, 11) is 0. The van der Waals surface area contributed by atoms with E-state index >= 15 is 0 Å². The first kappa shape index (κ1) is 20.1. The van der Waals surface area contributed by atoms with E-state index in [1.807, 2.05) is 12.1 Å². The number of fused-ring (bicyclic) bond motifs is 1. The van der Waals surface area contributed by atoms with Crippen LogP contribution < -0.4 is 11.1 Å². The van der Waals surface area contributed by atoms with Crippen molar-refractivity contribution in [1.82, 2.24) is 15.1 Å². The normalized spacial score (nSPS) is 22.3. The summed E-state index contributed by atoms with van der Waals surface area (Å²) >= 11 is 0. The molecule has 33 heavy (non-hydrogen) atoms. The molecule has 3 aliphatic carbocycles. The lowest BCUT2D eigenvalue weighted by Crippen LogP contribution is -2.15. The molecule has 2 saturated carbocycles. The van der Waals surface area contributed by atoms with Crippen LogP contribution in [0.5, 0.6) is 0 Å². The molecule has 3 aliphatic rings. The average Bonchev–Trinajstić information content (AvgIpc) is 3.71. The monoisotopic (exact) mass is 443 g/mol. The highest BCUT2D eigenvalue weighted by atomic mass is 16.5. The van der Waals surface area contributed by atoms with Crippen LogP contribution in [0.2, 0.25) is 0 Å². The summed E-state index contributed by atoms with van der Waals surface area (Å²) in [4.78, 5) is 32.5. The number of anilines is 1. The first-order valence-electron chi connectivity index (χ1n) is 11.6. The van der Waals surface area contributed by atoms with E-state index < -0.39 is 5.91 Å². The Morgan fingerprint density at radius 2 is 1.97 bits per heavy atom. The van der Waals surface area contributed by atoms with Gasteiger partial charge in [-0.05, 0) is 78.3 Å². The second kappa shape index (κ2) is 7.50. The number of aromatic nitrogens is 3. The number of carbonyl (C=O) groups is 2. The smallest absolute Gasteiger partial charge is 0.315 e. The van der Waals surface area contributed by atoms with Gasteiger partial charge in [0.2, 0.25) is 5.91 Å². The highest BCUT2D eigenvalue weighted by molar-refractivity contribution is 5.95. The van der Waals surface area contributed by atoms with Crippen molar-refractivity contribution < 1.29 is 14.1 Å². The SMILES string of the molecule is NC(=O)c1nc([C@H]2CCCCc3cc(-c4ccnc(NC(=O)[C@@H]5CC56CC6)c4)ccc32)no1. The van der Waals surface area contributed by atoms with Gasteiger partial charge in [-0.2, -0.15) is 4.98 Å². The van der Waals surface area contributed by atoms with E-state index in [-0.39, 0.29) is 23.6 Å². The van der Waals surface area contributed by atoms with Crippen LogP contribution in [-0.2, 0) is 11.2 Å². The van der Waals surface area contributed by atoms with Crippen LogP contribution in [0.1, 0.15) is 72.1 Å². The summed E-state index contributed by atoms with van der Waals surface area (Å²) in [5.41, 5.74) is 10.1. The number of nitrogens with zero attached hydrogens (tertiary/aromatic N) is 3. The summed E-state index contributed by atoms with van der Waals surface area (Å²) in [5, 5.41) is 7.03. The fourth-order valence-electron chi connectivity index (χ4n) is 5.23. The van der Waals surface area contributed by atoms with E-state index in [9.17, 15) is 9.59 Å². The highest BCUT2D eigenvalue weighted by Gasteiger charge is 2.65. The number of pyridine rings is 1. The predicted molar refractivity (Wildman–Crippen MR) is 120 cm³/mol. The Kier molecular flexibility index (Phi) is 4.57. The Morgan fingerprint density at radius 3 is 2.73 bits per heavy atom. The standard InChI is InChI=1S/C25H25N5O3/c26-21(31)24-29-22(30-33-24)18-4-2-1-3-16-11-14(5-6-17(16)18)15-7-10-27-20(12-15)28-23(32)19-13-25(19)8-9-25/h5-7,10-12,18-19H,1-4,8-9,13H2,(H2,26,31)(H,27,28,32)/t18-,19-/m0/s1. The minimum atomic E-state index is -0.715. The number of benzene rings is 1. The molecule has 0 radical (unpaired) electrons. The van der Waals surface area contributed by atoms with Gasteiger partial charge >= 0.3 is 11.8 Å². The van der Waals surface area contributed by atoms with Crippen molar-refractivity contribution in [2.45, 2.75) is 50.9 Å². The van der Waals surface area contributed by atoms with E-state index in [0.29, 0.717) is 17.1 Å². The molecule has 8 nitrogen and oxygen atoms in total. The Balaban J connectivity index is 1.26. The molecule has 2 heterocycles. The predicted octanol–water partition coefficient (Wildman–Crippen LogP) is 3.83. The van der Waals surface area contributed by atoms with Crippen molar-refractivity contribution in [3.8, 4) is 11.1 Å². The zero-order chi connectivity index (χ0) is 22.6. The highest BCUT2D eigenvalue weighted by Crippen LogP contribution is 2.70. The maximum absolute atomic E-state index is 12.5. The molecule has 2 atom stereocenters. The van der Waals surface area contributed by atoms with Crippen molar-refractivity contribution in [2.75, 3.05) is 5.32 Å². The average molecular weight is 444 g/mol. The summed E-state index contributed by atoms with van der Waals surface area (Å²) in [6.45, 7) is 0. The van der Waals surface area contributed by atoms with Crippen LogP contribution in [0.3, 0.4) is 0 Å². The number of nitrogens with two attached hydrogens (primary N) is 1. The molecule has 1 spiro atoms. The molecule has 3 N–H and O–H groups in total. The summed E-state index contributed by atoms with van der Waals surface area (Å²) in [6, 6.07) is 10.3. The van der Waals surface area contributed by atoms with Crippen molar-refractivity contribution in [3.63, 3.8) is 0 Å². The molecule has 8 heteroatoms. The fourth-order valence-corrected chi connectivity index (χ4v) is 5.23. The number of amides is 2. The second-order valence-corrected chi connectivity index (χ2v) is 9.57. The number of aryl methyl sites for hydroxylation is 1. The van der Waals surface area contributed by atoms with Gasteiger partial charge in [0, 0.05) is 18.0 Å². The van der Waals surface area contributed by atoms with Crippen LogP contribution in [0.25, 0.3) is 11.1 Å². The first-order chi connectivity index (χ1) is 16.0. The van der Waals surface area contributed by atoms with E-state index in [4.69, 9.17) is 10.3 Å². The molecular weight excluding hydrogens is 418 g/mol. The molecular formula is C25H25N5O3. The zero-order valence-electron chi connectivity index (χ0n) is 18.2. The quantitative estimate of drug-likeness (QED) is 0.578. The van der Waals surface area contributed by atoms with Crippen molar-refractivity contribution in [1.29, 1.82) is 0 Å². The van der Waals surface area contributed by atoms with Crippen molar-refractivity contribution in [3.05, 3.63) is 59.4 Å². The van der Waals surface area contributed by atoms with Crippen LogP contribution in [0, 0.1) is 11.3 Å². The minimum Gasteiger partial charge on any atom is -0.361 e. The van der Waals surface area contributed by atoms with Gasteiger partial charge < -0.3 is 15.6 Å². The molecule has 2 fully saturated rings. The molecule has 2 amide bonds.